The fraction of sp³-hybridized carbons (Fsp3) is 0.133. The van der Waals surface area contributed by atoms with Crippen molar-refractivity contribution in [2.75, 3.05) is 7.11 Å². The second-order valence-corrected chi connectivity index (χ2v) is 4.82. The van der Waals surface area contributed by atoms with Crippen molar-refractivity contribution in [3.05, 3.63) is 67.7 Å². The molecule has 0 amide bonds. The van der Waals surface area contributed by atoms with Crippen LogP contribution in [-0.4, -0.2) is 17.1 Å². The molecule has 8 nitrogen and oxygen atoms in total. The normalized spacial score (nSPS) is 16.3. The summed E-state index contributed by atoms with van der Waals surface area (Å²) in [5.74, 6) is -0.569. The number of nitrogens with zero attached hydrogens (tertiary/aromatic N) is 1. The van der Waals surface area contributed by atoms with Crippen LogP contribution in [0, 0.1) is 11.3 Å². The van der Waals surface area contributed by atoms with Crippen LogP contribution in [0.25, 0.3) is 0 Å². The molecule has 0 fully saturated rings. The molecule has 116 valence electrons. The van der Waals surface area contributed by atoms with Crippen LogP contribution in [0.5, 0.6) is 11.6 Å². The van der Waals surface area contributed by atoms with Crippen LogP contribution >= 0.6 is 0 Å². The number of para-hydroxylation sites is 1. The number of nitrogens with two attached hydrogens (primary N) is 1. The molecule has 1 aromatic heterocycles. The van der Waals surface area contributed by atoms with E-state index in [2.05, 4.69) is 9.97 Å². The topological polar surface area (TPSA) is 134 Å². The van der Waals surface area contributed by atoms with Gasteiger partial charge >= 0.3 is 5.69 Å². The van der Waals surface area contributed by atoms with Gasteiger partial charge in [0.2, 0.25) is 11.8 Å². The van der Waals surface area contributed by atoms with Crippen LogP contribution in [0.3, 0.4) is 0 Å². The van der Waals surface area contributed by atoms with E-state index in [-0.39, 0.29) is 22.9 Å². The molecule has 1 aliphatic heterocycles. The average Bonchev–Trinajstić information content (AvgIpc) is 2.53. The lowest BCUT2D eigenvalue weighted by atomic mass is 9.84. The van der Waals surface area contributed by atoms with Crippen molar-refractivity contribution in [3.63, 3.8) is 0 Å². The van der Waals surface area contributed by atoms with Gasteiger partial charge < -0.3 is 15.2 Å². The van der Waals surface area contributed by atoms with Crippen molar-refractivity contribution in [2.45, 2.75) is 5.92 Å². The number of nitrogens with one attached hydrogen (secondary N) is 2. The average molecular weight is 312 g/mol. The van der Waals surface area contributed by atoms with Gasteiger partial charge in [-0.3, -0.25) is 14.8 Å². The number of allylic oxidation sites excluding steroid dienone is 1. The maximum absolute atomic E-state index is 12.3. The Bertz CT molecular complexity index is 964. The molecule has 2 heterocycles. The Balaban J connectivity index is 2.37. The maximum Gasteiger partial charge on any atom is 0.328 e. The molecule has 1 aromatic carbocycles. The Morgan fingerprint density at radius 2 is 2.04 bits per heavy atom. The van der Waals surface area contributed by atoms with Gasteiger partial charge in [0.25, 0.3) is 5.56 Å². The van der Waals surface area contributed by atoms with Crippen molar-refractivity contribution in [2.24, 2.45) is 5.73 Å². The number of rotatable bonds is 2. The van der Waals surface area contributed by atoms with Gasteiger partial charge in [-0.1, -0.05) is 18.2 Å². The fourth-order valence-corrected chi connectivity index (χ4v) is 2.61. The SMILES string of the molecule is COc1ccccc1C1C(C#N)=C(N)Oc2[nH]c(=O)[nH]c(=O)c21. The van der Waals surface area contributed by atoms with E-state index >= 15 is 0 Å². The molecular weight excluding hydrogens is 300 g/mol. The minimum atomic E-state index is -0.805. The van der Waals surface area contributed by atoms with E-state index < -0.39 is 17.2 Å². The second kappa shape index (κ2) is 5.38. The molecule has 0 saturated carbocycles. The monoisotopic (exact) mass is 312 g/mol. The first kappa shape index (κ1) is 14.5. The Morgan fingerprint density at radius 1 is 1.30 bits per heavy atom. The highest BCUT2D eigenvalue weighted by Gasteiger charge is 2.35. The summed E-state index contributed by atoms with van der Waals surface area (Å²) < 4.78 is 10.5. The molecule has 0 saturated heterocycles. The molecule has 4 N–H and O–H groups in total. The molecular formula is C15H12N4O4. The highest BCUT2D eigenvalue weighted by atomic mass is 16.5. The minimum Gasteiger partial charge on any atom is -0.496 e. The lowest BCUT2D eigenvalue weighted by molar-refractivity contribution is 0.369. The van der Waals surface area contributed by atoms with Gasteiger partial charge in [-0.25, -0.2) is 4.79 Å². The zero-order valence-electron chi connectivity index (χ0n) is 12.0. The molecule has 0 radical (unpaired) electrons. The third-order valence-electron chi connectivity index (χ3n) is 3.57. The van der Waals surface area contributed by atoms with Gasteiger partial charge in [0.1, 0.15) is 17.4 Å². The summed E-state index contributed by atoms with van der Waals surface area (Å²) in [6, 6.07) is 8.90. The first-order chi connectivity index (χ1) is 11.1. The summed E-state index contributed by atoms with van der Waals surface area (Å²) in [5.41, 5.74) is 5.14. The van der Waals surface area contributed by atoms with Crippen molar-refractivity contribution >= 4 is 0 Å². The van der Waals surface area contributed by atoms with E-state index in [0.29, 0.717) is 11.3 Å². The van der Waals surface area contributed by atoms with E-state index in [1.54, 1.807) is 24.3 Å². The highest BCUT2D eigenvalue weighted by molar-refractivity contribution is 5.55. The van der Waals surface area contributed by atoms with E-state index in [9.17, 15) is 14.9 Å². The number of hydrogen-bond acceptors (Lipinski definition) is 6. The third kappa shape index (κ3) is 2.24. The molecule has 0 bridgehead atoms. The number of fused-ring (bicyclic) bond motifs is 1. The molecule has 8 heteroatoms. The van der Waals surface area contributed by atoms with Crippen molar-refractivity contribution in [1.29, 1.82) is 5.26 Å². The van der Waals surface area contributed by atoms with Gasteiger partial charge in [0, 0.05) is 5.56 Å². The fourth-order valence-electron chi connectivity index (χ4n) is 2.61. The van der Waals surface area contributed by atoms with E-state index in [1.807, 2.05) is 6.07 Å². The van der Waals surface area contributed by atoms with Gasteiger partial charge in [0.15, 0.2) is 0 Å². The zero-order chi connectivity index (χ0) is 16.6. The van der Waals surface area contributed by atoms with Crippen LogP contribution in [0.15, 0.2) is 45.3 Å². The largest absolute Gasteiger partial charge is 0.496 e. The van der Waals surface area contributed by atoms with Gasteiger partial charge in [-0.05, 0) is 6.07 Å². The number of benzene rings is 1. The zero-order valence-corrected chi connectivity index (χ0v) is 12.0. The number of ether oxygens (including phenoxy) is 2. The van der Waals surface area contributed by atoms with Gasteiger partial charge in [-0.2, -0.15) is 5.26 Å². The highest BCUT2D eigenvalue weighted by Crippen LogP contribution is 2.41. The van der Waals surface area contributed by atoms with Crippen LogP contribution in [-0.2, 0) is 0 Å². The van der Waals surface area contributed by atoms with Crippen LogP contribution in [0.1, 0.15) is 17.0 Å². The Morgan fingerprint density at radius 3 is 2.74 bits per heavy atom. The number of H-pyrrole nitrogens is 2. The molecule has 1 aliphatic rings. The summed E-state index contributed by atoms with van der Waals surface area (Å²) in [5, 5.41) is 9.43. The molecule has 3 rings (SSSR count). The number of aromatic nitrogens is 2. The Kier molecular flexibility index (Phi) is 3.38. The Labute approximate surface area is 129 Å². The summed E-state index contributed by atoms with van der Waals surface area (Å²) >= 11 is 0. The predicted molar refractivity (Wildman–Crippen MR) is 80.0 cm³/mol. The maximum atomic E-state index is 12.3. The van der Waals surface area contributed by atoms with Crippen molar-refractivity contribution in [1.82, 2.24) is 9.97 Å². The lowest BCUT2D eigenvalue weighted by Crippen LogP contribution is -2.33. The quantitative estimate of drug-likeness (QED) is 0.729. The summed E-state index contributed by atoms with van der Waals surface area (Å²) in [4.78, 5) is 28.2. The summed E-state index contributed by atoms with van der Waals surface area (Å²) in [6.07, 6.45) is 0. The van der Waals surface area contributed by atoms with Crippen molar-refractivity contribution < 1.29 is 9.47 Å². The van der Waals surface area contributed by atoms with Crippen molar-refractivity contribution in [3.8, 4) is 17.7 Å². The summed E-state index contributed by atoms with van der Waals surface area (Å²) in [6.45, 7) is 0. The van der Waals surface area contributed by atoms with Gasteiger partial charge in [0.05, 0.1) is 18.6 Å². The molecule has 23 heavy (non-hydrogen) atoms. The van der Waals surface area contributed by atoms with E-state index in [1.165, 1.54) is 7.11 Å². The summed E-state index contributed by atoms with van der Waals surface area (Å²) in [7, 11) is 1.48. The number of hydrogen-bond donors (Lipinski definition) is 3. The predicted octanol–water partition coefficient (Wildman–Crippen LogP) is 0.290. The molecule has 1 unspecified atom stereocenters. The number of aromatic amines is 2. The van der Waals surface area contributed by atoms with E-state index in [4.69, 9.17) is 15.2 Å². The van der Waals surface area contributed by atoms with E-state index in [0.717, 1.165) is 0 Å². The van der Waals surface area contributed by atoms with Gasteiger partial charge in [-0.15, -0.1) is 0 Å². The molecule has 2 aromatic rings. The molecule has 0 aliphatic carbocycles. The smallest absolute Gasteiger partial charge is 0.328 e. The molecule has 1 atom stereocenters. The van der Waals surface area contributed by atoms with Crippen LogP contribution in [0.2, 0.25) is 0 Å². The minimum absolute atomic E-state index is 0.0690. The number of nitriles is 1. The molecule has 0 spiro atoms. The standard InChI is InChI=1S/C15H12N4O4/c1-22-9-5-3-2-4-7(9)10-8(6-16)12(17)23-14-11(10)13(20)18-15(21)19-14/h2-5,10H,17H2,1H3,(H2,18,19,20,21). The van der Waals surface area contributed by atoms with Crippen LogP contribution in [0.4, 0.5) is 0 Å². The second-order valence-electron chi connectivity index (χ2n) is 4.82. The van der Waals surface area contributed by atoms with Crippen LogP contribution < -0.4 is 26.5 Å². The Hall–Kier alpha value is -3.47. The lowest BCUT2D eigenvalue weighted by Gasteiger charge is -2.25. The number of methoxy groups -OCH3 is 1. The third-order valence-corrected chi connectivity index (χ3v) is 3.57. The first-order valence-corrected chi connectivity index (χ1v) is 6.63. The first-order valence-electron chi connectivity index (χ1n) is 6.63.